The van der Waals surface area contributed by atoms with E-state index in [1.54, 1.807) is 4.68 Å². The number of halogens is 1. The maximum Gasteiger partial charge on any atom is 0.210 e. The number of hydrogen-bond acceptors (Lipinski definition) is 2. The van der Waals surface area contributed by atoms with Crippen molar-refractivity contribution in [3.05, 3.63) is 17.5 Å². The fourth-order valence-electron chi connectivity index (χ4n) is 1.98. The summed E-state index contributed by atoms with van der Waals surface area (Å²) < 4.78 is 16.3. The second-order valence-corrected chi connectivity index (χ2v) is 6.36. The van der Waals surface area contributed by atoms with Gasteiger partial charge in [0.2, 0.25) is 6.41 Å². The number of hydrogen-bond donors (Lipinski definition) is 0. The standard InChI is InChI=1S/C15H26FN3O/c1-7-19-14(8-13(17-19)11(2)3)12(16)9-18(10-20)15(4,5)6/h8,10-12H,7,9H2,1-6H3. The largest absolute Gasteiger partial charge is 0.337 e. The molecular weight excluding hydrogens is 257 g/mol. The highest BCUT2D eigenvalue weighted by Gasteiger charge is 2.26. The van der Waals surface area contributed by atoms with E-state index in [0.717, 1.165) is 5.69 Å². The average molecular weight is 283 g/mol. The smallest absolute Gasteiger partial charge is 0.210 e. The predicted molar refractivity (Wildman–Crippen MR) is 78.4 cm³/mol. The third-order valence-electron chi connectivity index (χ3n) is 3.39. The Morgan fingerprint density at radius 3 is 2.45 bits per heavy atom. The lowest BCUT2D eigenvalue weighted by Crippen LogP contribution is -2.42. The molecule has 1 rings (SSSR count). The second kappa shape index (κ2) is 6.37. The molecule has 0 spiro atoms. The Kier molecular flexibility index (Phi) is 5.31. The molecule has 1 aromatic heterocycles. The zero-order chi connectivity index (χ0) is 15.5. The first kappa shape index (κ1) is 16.7. The van der Waals surface area contributed by atoms with Crippen molar-refractivity contribution in [1.29, 1.82) is 0 Å². The van der Waals surface area contributed by atoms with Crippen LogP contribution >= 0.6 is 0 Å². The molecule has 20 heavy (non-hydrogen) atoms. The van der Waals surface area contributed by atoms with Crippen LogP contribution in [-0.2, 0) is 11.3 Å². The van der Waals surface area contributed by atoms with Gasteiger partial charge in [0.05, 0.1) is 17.9 Å². The van der Waals surface area contributed by atoms with E-state index >= 15 is 0 Å². The van der Waals surface area contributed by atoms with Crippen molar-refractivity contribution in [3.8, 4) is 0 Å². The summed E-state index contributed by atoms with van der Waals surface area (Å²) in [4.78, 5) is 12.6. The van der Waals surface area contributed by atoms with Crippen LogP contribution in [0, 0.1) is 0 Å². The summed E-state index contributed by atoms with van der Waals surface area (Å²) >= 11 is 0. The number of aromatic nitrogens is 2. The van der Waals surface area contributed by atoms with Crippen molar-refractivity contribution in [2.45, 2.75) is 65.7 Å². The van der Waals surface area contributed by atoms with E-state index in [4.69, 9.17) is 0 Å². The van der Waals surface area contributed by atoms with E-state index in [1.165, 1.54) is 4.90 Å². The minimum Gasteiger partial charge on any atom is -0.337 e. The van der Waals surface area contributed by atoms with Crippen LogP contribution in [0.5, 0.6) is 0 Å². The molecule has 0 saturated heterocycles. The molecule has 0 N–H and O–H groups in total. The van der Waals surface area contributed by atoms with Gasteiger partial charge in [0.15, 0.2) is 6.17 Å². The Hall–Kier alpha value is -1.39. The number of aryl methyl sites for hydroxylation is 1. The van der Waals surface area contributed by atoms with Crippen molar-refractivity contribution in [2.24, 2.45) is 0 Å². The Morgan fingerprint density at radius 2 is 2.05 bits per heavy atom. The van der Waals surface area contributed by atoms with Crippen LogP contribution in [0.2, 0.25) is 0 Å². The van der Waals surface area contributed by atoms with E-state index in [2.05, 4.69) is 5.10 Å². The van der Waals surface area contributed by atoms with Crippen LogP contribution in [0.1, 0.15) is 65.0 Å². The second-order valence-electron chi connectivity index (χ2n) is 6.36. The molecule has 1 unspecified atom stereocenters. The maximum atomic E-state index is 14.6. The van der Waals surface area contributed by atoms with Crippen LogP contribution in [0.4, 0.5) is 4.39 Å². The summed E-state index contributed by atoms with van der Waals surface area (Å²) in [6.07, 6.45) is -0.512. The molecule has 1 amide bonds. The van der Waals surface area contributed by atoms with Gasteiger partial charge in [-0.05, 0) is 39.7 Å². The summed E-state index contributed by atoms with van der Waals surface area (Å²) in [6, 6.07) is 1.81. The average Bonchev–Trinajstić information content (AvgIpc) is 2.78. The summed E-state index contributed by atoms with van der Waals surface area (Å²) in [5.41, 5.74) is 1.05. The van der Waals surface area contributed by atoms with Crippen LogP contribution in [0.3, 0.4) is 0 Å². The number of amides is 1. The Balaban J connectivity index is 2.96. The molecule has 114 valence electrons. The summed E-state index contributed by atoms with van der Waals surface area (Å²) in [7, 11) is 0. The molecule has 4 nitrogen and oxygen atoms in total. The molecule has 0 aliphatic rings. The van der Waals surface area contributed by atoms with Gasteiger partial charge in [-0.1, -0.05) is 13.8 Å². The molecule has 0 aromatic carbocycles. The topological polar surface area (TPSA) is 38.1 Å². The van der Waals surface area contributed by atoms with Crippen LogP contribution in [0.15, 0.2) is 6.07 Å². The molecular formula is C15H26FN3O. The lowest BCUT2D eigenvalue weighted by atomic mass is 10.1. The van der Waals surface area contributed by atoms with Gasteiger partial charge in [-0.3, -0.25) is 9.48 Å². The van der Waals surface area contributed by atoms with E-state index in [-0.39, 0.29) is 18.0 Å². The molecule has 0 aliphatic carbocycles. The lowest BCUT2D eigenvalue weighted by Gasteiger charge is -2.33. The highest BCUT2D eigenvalue weighted by Crippen LogP contribution is 2.25. The van der Waals surface area contributed by atoms with Crippen molar-refractivity contribution in [1.82, 2.24) is 14.7 Å². The third kappa shape index (κ3) is 3.81. The first-order valence-corrected chi connectivity index (χ1v) is 7.14. The van der Waals surface area contributed by atoms with Gasteiger partial charge in [0.25, 0.3) is 0 Å². The van der Waals surface area contributed by atoms with E-state index in [0.29, 0.717) is 18.6 Å². The molecule has 1 atom stereocenters. The summed E-state index contributed by atoms with van der Waals surface area (Å²) in [5, 5.41) is 4.41. The molecule has 5 heteroatoms. The fraction of sp³-hybridized carbons (Fsp3) is 0.733. The van der Waals surface area contributed by atoms with Gasteiger partial charge in [0.1, 0.15) is 0 Å². The molecule has 1 aromatic rings. The van der Waals surface area contributed by atoms with Gasteiger partial charge >= 0.3 is 0 Å². The zero-order valence-corrected chi connectivity index (χ0v) is 13.4. The lowest BCUT2D eigenvalue weighted by molar-refractivity contribution is -0.123. The fourth-order valence-corrected chi connectivity index (χ4v) is 1.98. The maximum absolute atomic E-state index is 14.6. The minimum absolute atomic E-state index is 0.0518. The highest BCUT2D eigenvalue weighted by molar-refractivity contribution is 5.48. The zero-order valence-electron chi connectivity index (χ0n) is 13.4. The number of alkyl halides is 1. The van der Waals surface area contributed by atoms with Crippen molar-refractivity contribution >= 4 is 6.41 Å². The Morgan fingerprint density at radius 1 is 1.45 bits per heavy atom. The summed E-state index contributed by atoms with van der Waals surface area (Å²) in [5.74, 6) is 0.263. The van der Waals surface area contributed by atoms with Gasteiger partial charge in [-0.2, -0.15) is 5.10 Å². The monoisotopic (exact) mass is 283 g/mol. The quantitative estimate of drug-likeness (QED) is 0.751. The van der Waals surface area contributed by atoms with Crippen LogP contribution in [0.25, 0.3) is 0 Å². The first-order chi connectivity index (χ1) is 9.20. The van der Waals surface area contributed by atoms with Gasteiger partial charge < -0.3 is 4.90 Å². The van der Waals surface area contributed by atoms with Gasteiger partial charge in [-0.25, -0.2) is 4.39 Å². The van der Waals surface area contributed by atoms with Crippen molar-refractivity contribution < 1.29 is 9.18 Å². The van der Waals surface area contributed by atoms with Crippen LogP contribution < -0.4 is 0 Å². The third-order valence-corrected chi connectivity index (χ3v) is 3.39. The van der Waals surface area contributed by atoms with Crippen LogP contribution in [-0.4, -0.2) is 33.2 Å². The van der Waals surface area contributed by atoms with Gasteiger partial charge in [0, 0.05) is 12.1 Å². The first-order valence-electron chi connectivity index (χ1n) is 7.14. The minimum atomic E-state index is -1.22. The number of nitrogens with zero attached hydrogens (tertiary/aromatic N) is 3. The normalized spacial score (nSPS) is 13.6. The molecule has 0 radical (unpaired) electrons. The number of rotatable bonds is 6. The molecule has 0 bridgehead atoms. The van der Waals surface area contributed by atoms with E-state index in [9.17, 15) is 9.18 Å². The van der Waals surface area contributed by atoms with Gasteiger partial charge in [-0.15, -0.1) is 0 Å². The molecule has 0 aliphatic heterocycles. The molecule has 0 saturated carbocycles. The number of carbonyl (C=O) groups is 1. The van der Waals surface area contributed by atoms with Crippen molar-refractivity contribution in [3.63, 3.8) is 0 Å². The van der Waals surface area contributed by atoms with E-state index in [1.807, 2.05) is 47.6 Å². The molecule has 0 fully saturated rings. The Labute approximate surface area is 121 Å². The SMILES string of the molecule is CCn1nc(C(C)C)cc1C(F)CN(C=O)C(C)(C)C. The van der Waals surface area contributed by atoms with E-state index < -0.39 is 6.17 Å². The summed E-state index contributed by atoms with van der Waals surface area (Å²) in [6.45, 7) is 12.4. The highest BCUT2D eigenvalue weighted by atomic mass is 19.1. The molecule has 1 heterocycles. The number of carbonyl (C=O) groups excluding carboxylic acids is 1. The van der Waals surface area contributed by atoms with Crippen molar-refractivity contribution in [2.75, 3.05) is 6.54 Å². The Bertz CT molecular complexity index is 448. The predicted octanol–water partition coefficient (Wildman–Crippen LogP) is 3.29.